The third-order valence-electron chi connectivity index (χ3n) is 3.21. The van der Waals surface area contributed by atoms with Crippen LogP contribution in [0.2, 0.25) is 0 Å². The van der Waals surface area contributed by atoms with E-state index in [4.69, 9.17) is 5.73 Å². The molecule has 0 heterocycles. The zero-order valence-electron chi connectivity index (χ0n) is 11.3. The number of hydrogen-bond acceptors (Lipinski definition) is 2. The second kappa shape index (κ2) is 5.23. The van der Waals surface area contributed by atoms with Gasteiger partial charge in [-0.1, -0.05) is 24.3 Å². The maximum Gasteiger partial charge on any atom is 0.0456 e. The number of benzene rings is 2. The minimum Gasteiger partial charge on any atom is -0.344 e. The number of rotatable bonds is 3. The molecule has 0 saturated heterocycles. The summed E-state index contributed by atoms with van der Waals surface area (Å²) in [6, 6.07) is 14.9. The van der Waals surface area contributed by atoms with Crippen LogP contribution in [-0.2, 0) is 6.54 Å². The summed E-state index contributed by atoms with van der Waals surface area (Å²) in [6.45, 7) is 4.77. The Morgan fingerprint density at radius 2 is 1.72 bits per heavy atom. The highest BCUT2D eigenvalue weighted by Gasteiger charge is 2.08. The molecule has 2 nitrogen and oxygen atoms in total. The highest BCUT2D eigenvalue weighted by Crippen LogP contribution is 2.28. The Bertz CT molecular complexity index is 547. The van der Waals surface area contributed by atoms with Crippen molar-refractivity contribution in [2.45, 2.75) is 20.4 Å². The molecule has 2 heteroatoms. The number of nitrogens with zero attached hydrogens (tertiary/aromatic N) is 1. The Labute approximate surface area is 109 Å². The van der Waals surface area contributed by atoms with Gasteiger partial charge >= 0.3 is 0 Å². The zero-order valence-corrected chi connectivity index (χ0v) is 11.3. The normalized spacial score (nSPS) is 10.4. The largest absolute Gasteiger partial charge is 0.344 e. The van der Waals surface area contributed by atoms with E-state index in [9.17, 15) is 0 Å². The van der Waals surface area contributed by atoms with Gasteiger partial charge in [-0.15, -0.1) is 0 Å². The standard InChI is InChI=1S/C16H20N2/c1-12-5-4-6-15(9-12)18(3)16-10-13(2)7-8-14(16)11-17/h4-10H,11,17H2,1-3H3. The smallest absolute Gasteiger partial charge is 0.0456 e. The van der Waals surface area contributed by atoms with E-state index in [1.165, 1.54) is 28.1 Å². The van der Waals surface area contributed by atoms with Gasteiger partial charge in [-0.2, -0.15) is 0 Å². The molecule has 94 valence electrons. The molecule has 0 bridgehead atoms. The van der Waals surface area contributed by atoms with Crippen molar-refractivity contribution in [3.8, 4) is 0 Å². The fourth-order valence-electron chi connectivity index (χ4n) is 2.13. The lowest BCUT2D eigenvalue weighted by atomic mass is 10.1. The summed E-state index contributed by atoms with van der Waals surface area (Å²) >= 11 is 0. The Kier molecular flexibility index (Phi) is 3.68. The molecule has 2 N–H and O–H groups in total. The van der Waals surface area contributed by atoms with Crippen molar-refractivity contribution in [2.75, 3.05) is 11.9 Å². The first kappa shape index (κ1) is 12.7. The first-order valence-electron chi connectivity index (χ1n) is 6.22. The summed E-state index contributed by atoms with van der Waals surface area (Å²) in [7, 11) is 2.09. The fraction of sp³-hybridized carbons (Fsp3) is 0.250. The lowest BCUT2D eigenvalue weighted by molar-refractivity contribution is 1.04. The van der Waals surface area contributed by atoms with Gasteiger partial charge < -0.3 is 10.6 Å². The molecule has 0 fully saturated rings. The van der Waals surface area contributed by atoms with E-state index in [2.05, 4.69) is 68.3 Å². The van der Waals surface area contributed by atoms with Crippen LogP contribution in [0, 0.1) is 13.8 Å². The minimum absolute atomic E-state index is 0.561. The fourth-order valence-corrected chi connectivity index (χ4v) is 2.13. The molecule has 18 heavy (non-hydrogen) atoms. The molecule has 2 aromatic carbocycles. The Morgan fingerprint density at radius 3 is 2.39 bits per heavy atom. The van der Waals surface area contributed by atoms with Crippen LogP contribution in [0.4, 0.5) is 11.4 Å². The van der Waals surface area contributed by atoms with Crippen molar-refractivity contribution in [1.29, 1.82) is 0 Å². The molecule has 2 rings (SSSR count). The van der Waals surface area contributed by atoms with E-state index in [1.807, 2.05) is 0 Å². The van der Waals surface area contributed by atoms with Gasteiger partial charge in [-0.05, 0) is 48.7 Å². The number of anilines is 2. The first-order valence-corrected chi connectivity index (χ1v) is 6.22. The Balaban J connectivity index is 2.44. The number of aryl methyl sites for hydroxylation is 2. The molecule has 0 saturated carbocycles. The lowest BCUT2D eigenvalue weighted by Crippen LogP contribution is -2.13. The molecule has 0 radical (unpaired) electrons. The summed E-state index contributed by atoms with van der Waals surface area (Å²) in [6.07, 6.45) is 0. The molecule has 0 amide bonds. The van der Waals surface area contributed by atoms with Crippen molar-refractivity contribution < 1.29 is 0 Å². The number of nitrogens with two attached hydrogens (primary N) is 1. The highest BCUT2D eigenvalue weighted by molar-refractivity contribution is 5.67. The van der Waals surface area contributed by atoms with Crippen LogP contribution in [-0.4, -0.2) is 7.05 Å². The van der Waals surface area contributed by atoms with Crippen molar-refractivity contribution in [2.24, 2.45) is 5.73 Å². The van der Waals surface area contributed by atoms with E-state index >= 15 is 0 Å². The average molecular weight is 240 g/mol. The molecule has 2 aromatic rings. The van der Waals surface area contributed by atoms with Crippen LogP contribution in [0.1, 0.15) is 16.7 Å². The molecule has 0 aliphatic rings. The number of hydrogen-bond donors (Lipinski definition) is 1. The average Bonchev–Trinajstić information content (AvgIpc) is 2.38. The molecule has 0 aliphatic heterocycles. The third-order valence-corrected chi connectivity index (χ3v) is 3.21. The van der Waals surface area contributed by atoms with Gasteiger partial charge in [-0.3, -0.25) is 0 Å². The van der Waals surface area contributed by atoms with Crippen LogP contribution >= 0.6 is 0 Å². The monoisotopic (exact) mass is 240 g/mol. The second-order valence-corrected chi connectivity index (χ2v) is 4.73. The Hall–Kier alpha value is -1.80. The van der Waals surface area contributed by atoms with Gasteiger partial charge in [0.1, 0.15) is 0 Å². The van der Waals surface area contributed by atoms with Gasteiger partial charge in [0.15, 0.2) is 0 Å². The summed E-state index contributed by atoms with van der Waals surface area (Å²) in [4.78, 5) is 2.20. The topological polar surface area (TPSA) is 29.3 Å². The molecule has 0 unspecified atom stereocenters. The third kappa shape index (κ3) is 2.54. The minimum atomic E-state index is 0.561. The SMILES string of the molecule is Cc1cccc(N(C)c2cc(C)ccc2CN)c1. The van der Waals surface area contributed by atoms with Crippen LogP contribution in [0.15, 0.2) is 42.5 Å². The second-order valence-electron chi connectivity index (χ2n) is 4.73. The van der Waals surface area contributed by atoms with Gasteiger partial charge in [0.05, 0.1) is 0 Å². The van der Waals surface area contributed by atoms with Crippen LogP contribution in [0.5, 0.6) is 0 Å². The summed E-state index contributed by atoms with van der Waals surface area (Å²) in [5.41, 5.74) is 11.9. The van der Waals surface area contributed by atoms with E-state index in [1.54, 1.807) is 0 Å². The van der Waals surface area contributed by atoms with E-state index in [0.29, 0.717) is 6.54 Å². The predicted octanol–water partition coefficient (Wildman–Crippen LogP) is 3.53. The van der Waals surface area contributed by atoms with Gasteiger partial charge in [0.25, 0.3) is 0 Å². The van der Waals surface area contributed by atoms with Gasteiger partial charge in [-0.25, -0.2) is 0 Å². The summed E-state index contributed by atoms with van der Waals surface area (Å²) in [5, 5.41) is 0. The summed E-state index contributed by atoms with van der Waals surface area (Å²) in [5.74, 6) is 0. The maximum atomic E-state index is 5.82. The van der Waals surface area contributed by atoms with Crippen molar-refractivity contribution in [3.63, 3.8) is 0 Å². The van der Waals surface area contributed by atoms with Crippen molar-refractivity contribution in [1.82, 2.24) is 0 Å². The van der Waals surface area contributed by atoms with Crippen molar-refractivity contribution in [3.05, 3.63) is 59.2 Å². The lowest BCUT2D eigenvalue weighted by Gasteiger charge is -2.23. The van der Waals surface area contributed by atoms with E-state index < -0.39 is 0 Å². The van der Waals surface area contributed by atoms with Gasteiger partial charge in [0.2, 0.25) is 0 Å². The molecule has 0 spiro atoms. The van der Waals surface area contributed by atoms with Crippen LogP contribution in [0.3, 0.4) is 0 Å². The molecular weight excluding hydrogens is 220 g/mol. The Morgan fingerprint density at radius 1 is 1.00 bits per heavy atom. The van der Waals surface area contributed by atoms with Crippen LogP contribution in [0.25, 0.3) is 0 Å². The molecule has 0 aliphatic carbocycles. The quantitative estimate of drug-likeness (QED) is 0.889. The van der Waals surface area contributed by atoms with Crippen molar-refractivity contribution >= 4 is 11.4 Å². The predicted molar refractivity (Wildman–Crippen MR) is 78.3 cm³/mol. The highest BCUT2D eigenvalue weighted by atomic mass is 15.1. The molecule has 0 aromatic heterocycles. The maximum absolute atomic E-state index is 5.82. The molecule has 0 atom stereocenters. The van der Waals surface area contributed by atoms with Gasteiger partial charge in [0, 0.05) is 25.0 Å². The first-order chi connectivity index (χ1) is 8.61. The van der Waals surface area contributed by atoms with E-state index in [-0.39, 0.29) is 0 Å². The summed E-state index contributed by atoms with van der Waals surface area (Å²) < 4.78 is 0. The zero-order chi connectivity index (χ0) is 13.1. The van der Waals surface area contributed by atoms with Crippen LogP contribution < -0.4 is 10.6 Å². The molecular formula is C16H20N2. The van der Waals surface area contributed by atoms with E-state index in [0.717, 1.165) is 0 Å².